The van der Waals surface area contributed by atoms with Crippen molar-refractivity contribution in [3.63, 3.8) is 0 Å². The van der Waals surface area contributed by atoms with Crippen LogP contribution in [0.2, 0.25) is 0 Å². The van der Waals surface area contributed by atoms with Crippen LogP contribution in [0.1, 0.15) is 22.9 Å². The van der Waals surface area contributed by atoms with E-state index in [1.807, 2.05) is 4.57 Å². The van der Waals surface area contributed by atoms with E-state index in [-0.39, 0.29) is 0 Å². The third-order valence-electron chi connectivity index (χ3n) is 3.02. The second-order valence-electron chi connectivity index (χ2n) is 4.78. The molecule has 108 valence electrons. The average Bonchev–Trinajstić information content (AvgIpc) is 3.05. The number of rotatable bonds is 4. The van der Waals surface area contributed by atoms with Gasteiger partial charge in [-0.1, -0.05) is 29.5 Å². The van der Waals surface area contributed by atoms with E-state index < -0.39 is 0 Å². The van der Waals surface area contributed by atoms with Gasteiger partial charge in [-0.25, -0.2) is 0 Å². The summed E-state index contributed by atoms with van der Waals surface area (Å²) in [6.45, 7) is 5.94. The number of hydrogen-bond donors (Lipinski definition) is 0. The molecule has 0 amide bonds. The Morgan fingerprint density at radius 1 is 1.14 bits per heavy atom. The van der Waals surface area contributed by atoms with E-state index in [1.165, 1.54) is 22.9 Å². The molecule has 0 aliphatic rings. The Kier molecular flexibility index (Phi) is 3.74. The SMILES string of the molecule is Cc1ccc(-n2cnnc2SCc2nnc(C)o2)c(C)c1. The molecule has 0 aliphatic heterocycles. The molecule has 1 aromatic carbocycles. The van der Waals surface area contributed by atoms with E-state index >= 15 is 0 Å². The van der Waals surface area contributed by atoms with Gasteiger partial charge in [0.2, 0.25) is 11.8 Å². The van der Waals surface area contributed by atoms with Crippen LogP contribution in [0, 0.1) is 20.8 Å². The van der Waals surface area contributed by atoms with E-state index in [2.05, 4.69) is 52.4 Å². The third-order valence-corrected chi connectivity index (χ3v) is 3.95. The minimum Gasteiger partial charge on any atom is -0.425 e. The lowest BCUT2D eigenvalue weighted by atomic mass is 10.1. The fraction of sp³-hybridized carbons (Fsp3) is 0.286. The molecule has 0 atom stereocenters. The van der Waals surface area contributed by atoms with Crippen LogP contribution in [0.3, 0.4) is 0 Å². The van der Waals surface area contributed by atoms with Crippen LogP contribution in [0.25, 0.3) is 5.69 Å². The summed E-state index contributed by atoms with van der Waals surface area (Å²) in [4.78, 5) is 0. The summed E-state index contributed by atoms with van der Waals surface area (Å²) in [6.07, 6.45) is 1.72. The molecular weight excluding hydrogens is 286 g/mol. The predicted molar refractivity (Wildman–Crippen MR) is 79.4 cm³/mol. The number of nitrogens with zero attached hydrogens (tertiary/aromatic N) is 5. The lowest BCUT2D eigenvalue weighted by Crippen LogP contribution is -1.98. The molecule has 0 unspecified atom stereocenters. The van der Waals surface area contributed by atoms with Crippen molar-refractivity contribution in [1.29, 1.82) is 0 Å². The van der Waals surface area contributed by atoms with Gasteiger partial charge < -0.3 is 4.42 Å². The molecule has 6 nitrogen and oxygen atoms in total. The Labute approximate surface area is 126 Å². The van der Waals surface area contributed by atoms with E-state index in [9.17, 15) is 0 Å². The molecule has 0 aliphatic carbocycles. The Morgan fingerprint density at radius 2 is 2.00 bits per heavy atom. The number of benzene rings is 1. The molecule has 0 bridgehead atoms. The molecule has 7 heteroatoms. The largest absolute Gasteiger partial charge is 0.425 e. The molecule has 0 saturated heterocycles. The topological polar surface area (TPSA) is 69.6 Å². The summed E-state index contributed by atoms with van der Waals surface area (Å²) in [7, 11) is 0. The summed E-state index contributed by atoms with van der Waals surface area (Å²) >= 11 is 1.52. The molecule has 0 radical (unpaired) electrons. The van der Waals surface area contributed by atoms with Crippen molar-refractivity contribution >= 4 is 11.8 Å². The molecule has 0 N–H and O–H groups in total. The van der Waals surface area contributed by atoms with Gasteiger partial charge in [-0.3, -0.25) is 4.57 Å². The first kappa shape index (κ1) is 13.8. The van der Waals surface area contributed by atoms with Crippen LogP contribution in [0.4, 0.5) is 0 Å². The smallest absolute Gasteiger partial charge is 0.226 e. The molecule has 2 aromatic heterocycles. The van der Waals surface area contributed by atoms with Gasteiger partial charge >= 0.3 is 0 Å². The first-order valence-electron chi connectivity index (χ1n) is 6.53. The molecule has 3 aromatic rings. The third kappa shape index (κ3) is 2.97. The van der Waals surface area contributed by atoms with Crippen molar-refractivity contribution < 1.29 is 4.42 Å². The zero-order valence-corrected chi connectivity index (χ0v) is 12.9. The summed E-state index contributed by atoms with van der Waals surface area (Å²) in [5.41, 5.74) is 3.50. The maximum Gasteiger partial charge on any atom is 0.226 e. The number of thioether (sulfide) groups is 1. The van der Waals surface area contributed by atoms with Crippen LogP contribution in [0.5, 0.6) is 0 Å². The number of hydrogen-bond acceptors (Lipinski definition) is 6. The van der Waals surface area contributed by atoms with Gasteiger partial charge in [0.1, 0.15) is 6.33 Å². The zero-order valence-electron chi connectivity index (χ0n) is 12.1. The van der Waals surface area contributed by atoms with E-state index in [0.29, 0.717) is 17.5 Å². The van der Waals surface area contributed by atoms with Gasteiger partial charge in [-0.05, 0) is 25.5 Å². The fourth-order valence-electron chi connectivity index (χ4n) is 2.09. The highest BCUT2D eigenvalue weighted by atomic mass is 32.2. The Bertz CT molecular complexity index is 764. The second kappa shape index (κ2) is 5.69. The molecule has 3 rings (SSSR count). The highest BCUT2D eigenvalue weighted by Gasteiger charge is 2.11. The first-order chi connectivity index (χ1) is 10.1. The van der Waals surface area contributed by atoms with Gasteiger partial charge in [0, 0.05) is 6.92 Å². The Morgan fingerprint density at radius 3 is 2.71 bits per heavy atom. The molecule has 2 heterocycles. The Hall–Kier alpha value is -2.15. The van der Waals surface area contributed by atoms with E-state index in [4.69, 9.17) is 4.42 Å². The maximum absolute atomic E-state index is 5.37. The van der Waals surface area contributed by atoms with Crippen molar-refractivity contribution in [3.05, 3.63) is 47.4 Å². The highest BCUT2D eigenvalue weighted by Crippen LogP contribution is 2.24. The lowest BCUT2D eigenvalue weighted by molar-refractivity contribution is 0.485. The normalized spacial score (nSPS) is 11.0. The minimum absolute atomic E-state index is 0.571. The molecule has 0 saturated carbocycles. The summed E-state index contributed by atoms with van der Waals surface area (Å²) < 4.78 is 7.34. The number of aromatic nitrogens is 5. The van der Waals surface area contributed by atoms with Crippen LogP contribution >= 0.6 is 11.8 Å². The van der Waals surface area contributed by atoms with Gasteiger partial charge in [-0.2, -0.15) is 0 Å². The summed E-state index contributed by atoms with van der Waals surface area (Å²) in [5, 5.41) is 16.8. The standard InChI is InChI=1S/C14H15N5OS/c1-9-4-5-12(10(2)6-9)19-8-15-18-14(19)21-7-13-17-16-11(3)20-13/h4-6,8H,7H2,1-3H3. The van der Waals surface area contributed by atoms with Gasteiger partial charge in [0.25, 0.3) is 0 Å². The van der Waals surface area contributed by atoms with Crippen LogP contribution < -0.4 is 0 Å². The van der Waals surface area contributed by atoms with Crippen molar-refractivity contribution in [2.24, 2.45) is 0 Å². The van der Waals surface area contributed by atoms with E-state index in [0.717, 1.165) is 10.8 Å². The summed E-state index contributed by atoms with van der Waals surface area (Å²) in [5.74, 6) is 1.74. The monoisotopic (exact) mass is 301 g/mol. The predicted octanol–water partition coefficient (Wildman–Crippen LogP) is 2.87. The van der Waals surface area contributed by atoms with Crippen molar-refractivity contribution in [2.45, 2.75) is 31.7 Å². The minimum atomic E-state index is 0.571. The van der Waals surface area contributed by atoms with Crippen LogP contribution in [-0.2, 0) is 5.75 Å². The number of aryl methyl sites for hydroxylation is 3. The maximum atomic E-state index is 5.37. The van der Waals surface area contributed by atoms with Crippen molar-refractivity contribution in [1.82, 2.24) is 25.0 Å². The zero-order chi connectivity index (χ0) is 14.8. The lowest BCUT2D eigenvalue weighted by Gasteiger charge is -2.09. The highest BCUT2D eigenvalue weighted by molar-refractivity contribution is 7.98. The molecule has 21 heavy (non-hydrogen) atoms. The van der Waals surface area contributed by atoms with Crippen molar-refractivity contribution in [3.8, 4) is 5.69 Å². The first-order valence-corrected chi connectivity index (χ1v) is 7.51. The van der Waals surface area contributed by atoms with Crippen molar-refractivity contribution in [2.75, 3.05) is 0 Å². The van der Waals surface area contributed by atoms with Crippen LogP contribution in [0.15, 0.2) is 34.1 Å². The average molecular weight is 301 g/mol. The Balaban J connectivity index is 1.83. The molecular formula is C14H15N5OS. The van der Waals surface area contributed by atoms with Gasteiger partial charge in [0.15, 0.2) is 5.16 Å². The van der Waals surface area contributed by atoms with Gasteiger partial charge in [-0.15, -0.1) is 20.4 Å². The molecule has 0 fully saturated rings. The van der Waals surface area contributed by atoms with Gasteiger partial charge in [0.05, 0.1) is 11.4 Å². The second-order valence-corrected chi connectivity index (χ2v) is 5.72. The summed E-state index contributed by atoms with van der Waals surface area (Å²) in [6, 6.07) is 6.30. The fourth-order valence-corrected chi connectivity index (χ4v) is 2.84. The van der Waals surface area contributed by atoms with E-state index in [1.54, 1.807) is 13.3 Å². The molecule has 0 spiro atoms. The van der Waals surface area contributed by atoms with Crippen LogP contribution in [-0.4, -0.2) is 25.0 Å². The quantitative estimate of drug-likeness (QED) is 0.690.